The third-order valence-corrected chi connectivity index (χ3v) is 26.2. The summed E-state index contributed by atoms with van der Waals surface area (Å²) in [5.41, 5.74) is 26.8. The zero-order valence-corrected chi connectivity index (χ0v) is 54.3. The van der Waals surface area contributed by atoms with Crippen molar-refractivity contribution in [2.45, 2.75) is 152 Å². The van der Waals surface area contributed by atoms with E-state index in [1.807, 2.05) is 12.1 Å². The van der Waals surface area contributed by atoms with Crippen molar-refractivity contribution in [1.29, 1.82) is 0 Å². The number of rotatable bonds is 2. The molecule has 9 fully saturated rings. The van der Waals surface area contributed by atoms with Crippen molar-refractivity contribution >= 4 is 51.7 Å². The molecule has 86 heavy (non-hydrogen) atoms. The second kappa shape index (κ2) is 18.9. The van der Waals surface area contributed by atoms with Crippen LogP contribution in [-0.4, -0.2) is 18.3 Å². The minimum absolute atomic E-state index is 0.0271. The maximum Gasteiger partial charge on any atom is 0.495 e. The number of benzene rings is 8. The molecule has 0 radical (unpaired) electrons. The fourth-order valence-electron chi connectivity index (χ4n) is 21.4. The smallest absolute Gasteiger partial charge is 0.399 e. The molecular formula is C80H78BBrCl2O2. The van der Waals surface area contributed by atoms with Gasteiger partial charge in [-0.3, -0.25) is 0 Å². The second-order valence-corrected chi connectivity index (χ2v) is 32.4. The summed E-state index contributed by atoms with van der Waals surface area (Å²) in [6, 6.07) is 59.3. The molecule has 0 N–H and O–H groups in total. The monoisotopic (exact) mass is 1230 g/mol. The Morgan fingerprint density at radius 2 is 0.744 bits per heavy atom. The maximum absolute atomic E-state index is 6.56. The Kier molecular flexibility index (Phi) is 12.1. The third kappa shape index (κ3) is 7.52. The average Bonchev–Trinajstić information content (AvgIpc) is 1.48. The molecule has 8 aromatic carbocycles. The highest BCUT2D eigenvalue weighted by atomic mass is 79.9. The standard InChI is InChI=1S/C37H33Cl.C28H33BO2.C15H12BrCl/c1-36(2)33-19-23(10-12-28(33)29-13-11-26(38)20-34(29)36)27-7-5-9-32-35(27)30-6-3-4-8-31(30)37(32)24-15-21-14-22(17-24)18-25(37)16-21;1-26(2)27(3,4)31-29(30-26)24-11-7-10-23-25(24)21-8-5-6-9-22(21)28(23)19-13-17-12-18(15-19)16-20(28)14-17;1-15(2)13-7-9(16)3-5-11(13)12-6-4-10(17)8-14(12)15/h3-13,19-22,24-25H,14-18H2,1-2H3;5-11,17-20H,12-16H2,1-4H3;3-8H,1-2H3. The Bertz CT molecular complexity index is 4060. The Balaban J connectivity index is 0.000000108. The summed E-state index contributed by atoms with van der Waals surface area (Å²) < 4.78 is 14.3. The molecular weight excluding hydrogens is 1150 g/mol. The van der Waals surface area contributed by atoms with Crippen LogP contribution in [-0.2, 0) is 31.0 Å². The summed E-state index contributed by atoms with van der Waals surface area (Å²) >= 11 is 16.1. The summed E-state index contributed by atoms with van der Waals surface area (Å²) in [6.45, 7) is 17.8. The van der Waals surface area contributed by atoms with Gasteiger partial charge >= 0.3 is 7.12 Å². The summed E-state index contributed by atoms with van der Waals surface area (Å²) in [5, 5.41) is 1.63. The minimum Gasteiger partial charge on any atom is -0.399 e. The molecule has 434 valence electrons. The molecule has 2 spiro atoms. The van der Waals surface area contributed by atoms with Crippen LogP contribution in [0.3, 0.4) is 0 Å². The van der Waals surface area contributed by atoms with Crippen molar-refractivity contribution in [3.63, 3.8) is 0 Å². The van der Waals surface area contributed by atoms with Crippen molar-refractivity contribution < 1.29 is 9.31 Å². The van der Waals surface area contributed by atoms with Crippen LogP contribution in [0.2, 0.25) is 10.0 Å². The maximum atomic E-state index is 6.56. The normalized spacial score (nSPS) is 30.2. The van der Waals surface area contributed by atoms with Crippen LogP contribution < -0.4 is 5.46 Å². The number of halogens is 3. The molecule has 0 aromatic heterocycles. The zero-order chi connectivity index (χ0) is 58.8. The molecule has 8 bridgehead atoms. The summed E-state index contributed by atoms with van der Waals surface area (Å²) in [7, 11) is -0.306. The Morgan fingerprint density at radius 3 is 1.24 bits per heavy atom. The van der Waals surface area contributed by atoms with Crippen LogP contribution in [0.5, 0.6) is 0 Å². The van der Waals surface area contributed by atoms with E-state index >= 15 is 0 Å². The average molecular weight is 1230 g/mol. The van der Waals surface area contributed by atoms with E-state index < -0.39 is 0 Å². The first-order valence-electron chi connectivity index (χ1n) is 32.6. The Hall–Kier alpha value is -5.20. The van der Waals surface area contributed by atoms with E-state index in [2.05, 4.69) is 217 Å². The number of fused-ring (bicyclic) bond motifs is 12. The van der Waals surface area contributed by atoms with Gasteiger partial charge in [0.05, 0.1) is 11.2 Å². The van der Waals surface area contributed by atoms with E-state index in [1.54, 1.807) is 22.3 Å². The molecule has 12 aliphatic carbocycles. The van der Waals surface area contributed by atoms with Crippen molar-refractivity contribution in [3.05, 3.63) is 217 Å². The fourth-order valence-corrected chi connectivity index (χ4v) is 22.1. The van der Waals surface area contributed by atoms with Crippen molar-refractivity contribution in [2.75, 3.05) is 0 Å². The molecule has 0 atom stereocenters. The van der Waals surface area contributed by atoms with Crippen LogP contribution in [0.1, 0.15) is 164 Å². The molecule has 0 amide bonds. The molecule has 21 rings (SSSR count). The lowest BCUT2D eigenvalue weighted by Crippen LogP contribution is -2.55. The SMILES string of the molecule is CC1(C)OB(c2cccc3c2-c2ccccc2C32C3CC4CC(C3)CC2C4)OC1(C)C.CC1(C)c2cc(Cl)ccc2-c2ccc(-c3cccc4c3-c3ccccc3C43C4CC5CC(C4)CC3C5)cc21.CC1(C)c2cc(Cl)ccc2-c2ccc(Br)cc21. The molecule has 0 unspecified atom stereocenters. The van der Waals surface area contributed by atoms with Crippen molar-refractivity contribution in [2.24, 2.45) is 47.3 Å². The summed E-state index contributed by atoms with van der Waals surface area (Å²) in [5.74, 6) is 7.06. The van der Waals surface area contributed by atoms with E-state index in [4.69, 9.17) is 32.5 Å². The fraction of sp³-hybridized carbons (Fsp3) is 0.400. The van der Waals surface area contributed by atoms with Crippen LogP contribution in [0.25, 0.3) is 55.6 Å². The molecule has 6 heteroatoms. The zero-order valence-electron chi connectivity index (χ0n) is 51.2. The van der Waals surface area contributed by atoms with Gasteiger partial charge in [0.15, 0.2) is 0 Å². The molecule has 1 saturated heterocycles. The van der Waals surface area contributed by atoms with Crippen LogP contribution in [0.4, 0.5) is 0 Å². The van der Waals surface area contributed by atoms with Gasteiger partial charge in [0.2, 0.25) is 0 Å². The molecule has 8 aromatic rings. The van der Waals surface area contributed by atoms with E-state index in [0.717, 1.165) is 61.9 Å². The van der Waals surface area contributed by atoms with E-state index in [-0.39, 0.29) is 40.0 Å². The van der Waals surface area contributed by atoms with Gasteiger partial charge in [-0.25, -0.2) is 0 Å². The predicted octanol–water partition coefficient (Wildman–Crippen LogP) is 21.2. The number of hydrogen-bond acceptors (Lipinski definition) is 2. The first kappa shape index (κ1) is 54.9. The van der Waals surface area contributed by atoms with Gasteiger partial charge in [-0.1, -0.05) is 182 Å². The van der Waals surface area contributed by atoms with Crippen molar-refractivity contribution in [1.82, 2.24) is 0 Å². The van der Waals surface area contributed by atoms with Crippen LogP contribution in [0.15, 0.2) is 162 Å². The molecule has 8 saturated carbocycles. The van der Waals surface area contributed by atoms with E-state index in [0.29, 0.717) is 0 Å². The quantitative estimate of drug-likeness (QED) is 0.161. The van der Waals surface area contributed by atoms with E-state index in [9.17, 15) is 0 Å². The van der Waals surface area contributed by atoms with Gasteiger partial charge in [-0.15, -0.1) is 0 Å². The molecule has 2 nitrogen and oxygen atoms in total. The lowest BCUT2D eigenvalue weighted by molar-refractivity contribution is -0.0399. The minimum atomic E-state index is -0.321. The van der Waals surface area contributed by atoms with Crippen molar-refractivity contribution in [3.8, 4) is 55.6 Å². The first-order valence-corrected chi connectivity index (χ1v) is 34.2. The summed E-state index contributed by atoms with van der Waals surface area (Å²) in [6.07, 6.45) is 14.4. The highest BCUT2D eigenvalue weighted by Crippen LogP contribution is 2.72. The lowest BCUT2D eigenvalue weighted by atomic mass is 9.43. The topological polar surface area (TPSA) is 18.5 Å². The Labute approximate surface area is 529 Å². The number of hydrogen-bond donors (Lipinski definition) is 0. The van der Waals surface area contributed by atoms with Gasteiger partial charge in [0.25, 0.3) is 0 Å². The van der Waals surface area contributed by atoms with Gasteiger partial charge < -0.3 is 9.31 Å². The largest absolute Gasteiger partial charge is 0.495 e. The Morgan fingerprint density at radius 1 is 0.360 bits per heavy atom. The second-order valence-electron chi connectivity index (χ2n) is 30.6. The summed E-state index contributed by atoms with van der Waals surface area (Å²) in [4.78, 5) is 0. The van der Waals surface area contributed by atoms with Crippen LogP contribution >= 0.6 is 39.1 Å². The van der Waals surface area contributed by atoms with Crippen LogP contribution in [0, 0.1) is 47.3 Å². The highest BCUT2D eigenvalue weighted by molar-refractivity contribution is 9.10. The van der Waals surface area contributed by atoms with Gasteiger partial charge in [0.1, 0.15) is 0 Å². The van der Waals surface area contributed by atoms with Gasteiger partial charge in [0, 0.05) is 36.2 Å². The predicted molar refractivity (Wildman–Crippen MR) is 360 cm³/mol. The van der Waals surface area contributed by atoms with Gasteiger partial charge in [-0.05, 0) is 287 Å². The molecule has 13 aliphatic rings. The third-order valence-electron chi connectivity index (χ3n) is 25.2. The molecule has 1 aliphatic heterocycles. The highest BCUT2D eigenvalue weighted by Gasteiger charge is 2.64. The molecule has 1 heterocycles. The lowest BCUT2D eigenvalue weighted by Gasteiger charge is -2.61. The first-order chi connectivity index (χ1) is 41.3. The van der Waals surface area contributed by atoms with Gasteiger partial charge in [-0.2, -0.15) is 0 Å². The van der Waals surface area contributed by atoms with E-state index in [1.165, 1.54) is 148 Å².